The molecule has 1 aromatic rings. The minimum atomic E-state index is -0.454. The molecule has 1 aromatic heterocycles. The van der Waals surface area contributed by atoms with Gasteiger partial charge < -0.3 is 9.84 Å². The van der Waals surface area contributed by atoms with Gasteiger partial charge in [-0.05, 0) is 0 Å². The smallest absolute Gasteiger partial charge is 0.330 e. The van der Waals surface area contributed by atoms with E-state index in [2.05, 4.69) is 4.98 Å². The van der Waals surface area contributed by atoms with Crippen LogP contribution in [-0.2, 0) is 23.0 Å². The van der Waals surface area contributed by atoms with Gasteiger partial charge in [-0.3, -0.25) is 14.3 Å². The number of thioether (sulfide) groups is 1. The van der Waals surface area contributed by atoms with Crippen molar-refractivity contribution in [1.29, 1.82) is 0 Å². The molecule has 0 saturated heterocycles. The fourth-order valence-electron chi connectivity index (χ4n) is 1.58. The number of fused-ring (bicyclic) bond motifs is 1. The molecule has 0 aliphatic carbocycles. The van der Waals surface area contributed by atoms with Crippen LogP contribution >= 0.6 is 11.8 Å². The zero-order valence-electron chi connectivity index (χ0n) is 8.56. The number of aliphatic hydroxyl groups is 1. The van der Waals surface area contributed by atoms with Crippen LogP contribution in [0.25, 0.3) is 0 Å². The first-order chi connectivity index (χ1) is 7.74. The third-order valence-electron chi connectivity index (χ3n) is 2.36. The highest BCUT2D eigenvalue weighted by atomic mass is 32.2. The Labute approximate surface area is 95.3 Å². The van der Waals surface area contributed by atoms with Crippen molar-refractivity contribution in [3.8, 4) is 0 Å². The van der Waals surface area contributed by atoms with Gasteiger partial charge in [-0.2, -0.15) is 11.8 Å². The number of nitrogens with one attached hydrogen (secondary N) is 1. The van der Waals surface area contributed by atoms with Crippen molar-refractivity contribution in [1.82, 2.24) is 9.55 Å². The highest BCUT2D eigenvalue weighted by Crippen LogP contribution is 2.25. The molecule has 0 radical (unpaired) electrons. The zero-order chi connectivity index (χ0) is 11.5. The van der Waals surface area contributed by atoms with Crippen LogP contribution in [0.2, 0.25) is 0 Å². The van der Waals surface area contributed by atoms with Crippen molar-refractivity contribution in [3.05, 3.63) is 32.1 Å². The molecule has 2 heterocycles. The van der Waals surface area contributed by atoms with Gasteiger partial charge in [-0.25, -0.2) is 4.79 Å². The van der Waals surface area contributed by atoms with E-state index in [0.717, 1.165) is 5.69 Å². The second kappa shape index (κ2) is 4.86. The molecular weight excluding hydrogens is 232 g/mol. The minimum Gasteiger partial charge on any atom is -0.394 e. The van der Waals surface area contributed by atoms with Crippen LogP contribution in [0.4, 0.5) is 0 Å². The molecule has 0 fully saturated rings. The summed E-state index contributed by atoms with van der Waals surface area (Å²) in [4.78, 5) is 25.3. The van der Waals surface area contributed by atoms with Crippen LogP contribution in [0.5, 0.6) is 0 Å². The van der Waals surface area contributed by atoms with E-state index in [4.69, 9.17) is 9.84 Å². The maximum Gasteiger partial charge on any atom is 0.330 e. The second-order valence-electron chi connectivity index (χ2n) is 3.37. The third kappa shape index (κ3) is 2.06. The molecule has 0 bridgehead atoms. The quantitative estimate of drug-likeness (QED) is 0.681. The van der Waals surface area contributed by atoms with Gasteiger partial charge in [0.2, 0.25) is 0 Å². The van der Waals surface area contributed by atoms with E-state index in [-0.39, 0.29) is 25.5 Å². The molecule has 2 rings (SSSR count). The van der Waals surface area contributed by atoms with E-state index in [1.165, 1.54) is 4.57 Å². The molecular formula is C9H12N2O4S. The summed E-state index contributed by atoms with van der Waals surface area (Å²) in [6, 6.07) is 0. The topological polar surface area (TPSA) is 84.3 Å². The predicted molar refractivity (Wildman–Crippen MR) is 59.4 cm³/mol. The van der Waals surface area contributed by atoms with Gasteiger partial charge in [-0.1, -0.05) is 0 Å². The molecule has 0 unspecified atom stereocenters. The molecule has 0 aromatic carbocycles. The molecule has 88 valence electrons. The Hall–Kier alpha value is -1.05. The van der Waals surface area contributed by atoms with Crippen LogP contribution in [0.3, 0.4) is 0 Å². The SMILES string of the molecule is O=c1[nH]c(=O)n(COCCO)c2c1CSC2. The number of nitrogens with zero attached hydrogens (tertiary/aromatic N) is 1. The summed E-state index contributed by atoms with van der Waals surface area (Å²) >= 11 is 1.59. The Kier molecular flexibility index (Phi) is 3.47. The van der Waals surface area contributed by atoms with Gasteiger partial charge in [0.1, 0.15) is 6.73 Å². The summed E-state index contributed by atoms with van der Waals surface area (Å²) in [5, 5.41) is 8.58. The lowest BCUT2D eigenvalue weighted by Gasteiger charge is -2.10. The average Bonchev–Trinajstić information content (AvgIpc) is 2.72. The summed E-state index contributed by atoms with van der Waals surface area (Å²) in [5.41, 5.74) is 0.626. The molecule has 1 aliphatic heterocycles. The lowest BCUT2D eigenvalue weighted by atomic mass is 10.3. The normalized spacial score (nSPS) is 14.1. The van der Waals surface area contributed by atoms with Crippen molar-refractivity contribution < 1.29 is 9.84 Å². The van der Waals surface area contributed by atoms with Crippen LogP contribution in [0.1, 0.15) is 11.3 Å². The molecule has 1 aliphatic rings. The molecule has 2 N–H and O–H groups in total. The van der Waals surface area contributed by atoms with Gasteiger partial charge >= 0.3 is 5.69 Å². The molecule has 16 heavy (non-hydrogen) atoms. The first-order valence-electron chi connectivity index (χ1n) is 4.85. The van der Waals surface area contributed by atoms with E-state index >= 15 is 0 Å². The van der Waals surface area contributed by atoms with Gasteiger partial charge in [0.15, 0.2) is 0 Å². The van der Waals surface area contributed by atoms with Crippen molar-refractivity contribution in [2.75, 3.05) is 13.2 Å². The van der Waals surface area contributed by atoms with E-state index in [0.29, 0.717) is 17.1 Å². The largest absolute Gasteiger partial charge is 0.394 e. The lowest BCUT2D eigenvalue weighted by Crippen LogP contribution is -2.34. The van der Waals surface area contributed by atoms with Crippen LogP contribution in [0.15, 0.2) is 9.59 Å². The Morgan fingerprint density at radius 1 is 1.44 bits per heavy atom. The van der Waals surface area contributed by atoms with Gasteiger partial charge in [0, 0.05) is 22.8 Å². The Balaban J connectivity index is 2.34. The van der Waals surface area contributed by atoms with Crippen LogP contribution in [0, 0.1) is 0 Å². The van der Waals surface area contributed by atoms with Crippen molar-refractivity contribution >= 4 is 11.8 Å². The number of aromatic amines is 1. The number of ether oxygens (including phenoxy) is 1. The Morgan fingerprint density at radius 2 is 2.25 bits per heavy atom. The predicted octanol–water partition coefficient (Wildman–Crippen LogP) is -0.750. The Morgan fingerprint density at radius 3 is 3.00 bits per heavy atom. The first-order valence-corrected chi connectivity index (χ1v) is 6.00. The maximum absolute atomic E-state index is 11.5. The number of aromatic nitrogens is 2. The van der Waals surface area contributed by atoms with E-state index in [1.54, 1.807) is 11.8 Å². The van der Waals surface area contributed by atoms with Crippen LogP contribution < -0.4 is 11.2 Å². The average molecular weight is 244 g/mol. The minimum absolute atomic E-state index is 0.0685. The summed E-state index contributed by atoms with van der Waals surface area (Å²) in [6.45, 7) is 0.154. The first kappa shape index (κ1) is 11.4. The highest BCUT2D eigenvalue weighted by Gasteiger charge is 2.19. The summed E-state index contributed by atoms with van der Waals surface area (Å²) in [5.74, 6) is 1.28. The van der Waals surface area contributed by atoms with Crippen molar-refractivity contribution in [2.24, 2.45) is 0 Å². The van der Waals surface area contributed by atoms with Gasteiger partial charge in [-0.15, -0.1) is 0 Å². The number of H-pyrrole nitrogens is 1. The van der Waals surface area contributed by atoms with Crippen molar-refractivity contribution in [3.63, 3.8) is 0 Å². The molecule has 6 nitrogen and oxygen atoms in total. The highest BCUT2D eigenvalue weighted by molar-refractivity contribution is 7.98. The lowest BCUT2D eigenvalue weighted by molar-refractivity contribution is 0.0445. The van der Waals surface area contributed by atoms with Gasteiger partial charge in [0.05, 0.1) is 13.2 Å². The number of hydrogen-bond acceptors (Lipinski definition) is 5. The molecule has 0 atom stereocenters. The summed E-state index contributed by atoms with van der Waals surface area (Å²) in [6.07, 6.45) is 0. The van der Waals surface area contributed by atoms with Crippen LogP contribution in [-0.4, -0.2) is 27.9 Å². The molecule has 7 heteroatoms. The zero-order valence-corrected chi connectivity index (χ0v) is 9.38. The monoisotopic (exact) mass is 244 g/mol. The summed E-state index contributed by atoms with van der Waals surface area (Å²) in [7, 11) is 0. The number of hydrogen-bond donors (Lipinski definition) is 2. The number of rotatable bonds is 4. The van der Waals surface area contributed by atoms with E-state index < -0.39 is 5.69 Å². The Bertz CT molecular complexity index is 493. The molecule has 0 saturated carbocycles. The van der Waals surface area contributed by atoms with Gasteiger partial charge in [0.25, 0.3) is 5.56 Å². The fourth-order valence-corrected chi connectivity index (χ4v) is 2.70. The van der Waals surface area contributed by atoms with E-state index in [9.17, 15) is 9.59 Å². The maximum atomic E-state index is 11.5. The third-order valence-corrected chi connectivity index (χ3v) is 3.33. The van der Waals surface area contributed by atoms with E-state index in [1.807, 2.05) is 0 Å². The molecule has 0 amide bonds. The van der Waals surface area contributed by atoms with Crippen molar-refractivity contribution in [2.45, 2.75) is 18.2 Å². The summed E-state index contributed by atoms with van der Waals surface area (Å²) < 4.78 is 6.51. The number of aliphatic hydroxyl groups excluding tert-OH is 1. The molecule has 0 spiro atoms. The second-order valence-corrected chi connectivity index (χ2v) is 4.35. The fraction of sp³-hybridized carbons (Fsp3) is 0.556. The standard InChI is InChI=1S/C9H12N2O4S/c12-1-2-15-5-11-7-4-16-3-6(7)8(13)10-9(11)14/h12H,1-5H2,(H,10,13,14).